The van der Waals surface area contributed by atoms with E-state index in [2.05, 4.69) is 31.9 Å². The van der Waals surface area contributed by atoms with Gasteiger partial charge in [-0.3, -0.25) is 4.18 Å². The Morgan fingerprint density at radius 1 is 0.828 bits per heavy atom. The van der Waals surface area contributed by atoms with Gasteiger partial charge in [-0.15, -0.1) is 0 Å². The van der Waals surface area contributed by atoms with Crippen LogP contribution in [0.15, 0.2) is 62.4 Å². The standard InChI is InChI=1S/C21H18Br2O5S/c1-11-7-13(9-16(22)19(11)24)21(14-8-12(2)20(25)17(23)10-14)15-5-3-4-6-18(15)29(26,27)28-21/h3-10,24-27H,1-2H3. The predicted octanol–water partition coefficient (Wildman–Crippen LogP) is 6.59. The summed E-state index contributed by atoms with van der Waals surface area (Å²) in [6.45, 7) is 3.52. The first kappa shape index (κ1) is 20.7. The van der Waals surface area contributed by atoms with Crippen LogP contribution in [0.3, 0.4) is 0 Å². The topological polar surface area (TPSA) is 90.2 Å². The van der Waals surface area contributed by atoms with Gasteiger partial charge >= 0.3 is 0 Å². The Hall–Kier alpha value is -1.55. The lowest BCUT2D eigenvalue weighted by Gasteiger charge is -2.34. The minimum absolute atomic E-state index is 0.102. The highest BCUT2D eigenvalue weighted by molar-refractivity contribution is 9.10. The number of hydrogen-bond acceptors (Lipinski definition) is 5. The number of fused-ring (bicyclic) bond motifs is 1. The normalized spacial score (nSPS) is 17.7. The molecule has 0 aliphatic carbocycles. The Morgan fingerprint density at radius 3 is 1.79 bits per heavy atom. The molecule has 5 nitrogen and oxygen atoms in total. The molecule has 3 aromatic carbocycles. The Labute approximate surface area is 186 Å². The maximum absolute atomic E-state index is 10.8. The summed E-state index contributed by atoms with van der Waals surface area (Å²) in [6.07, 6.45) is 0. The number of phenolic OH excluding ortho intramolecular Hbond substituents is 2. The molecule has 3 aromatic rings. The predicted molar refractivity (Wildman–Crippen MR) is 120 cm³/mol. The third kappa shape index (κ3) is 3.10. The number of rotatable bonds is 2. The summed E-state index contributed by atoms with van der Waals surface area (Å²) in [5.74, 6) is 0.203. The van der Waals surface area contributed by atoms with Crippen molar-refractivity contribution in [3.63, 3.8) is 0 Å². The van der Waals surface area contributed by atoms with Gasteiger partial charge < -0.3 is 19.3 Å². The van der Waals surface area contributed by atoms with Crippen LogP contribution < -0.4 is 0 Å². The van der Waals surface area contributed by atoms with Crippen molar-refractivity contribution >= 4 is 42.7 Å². The lowest BCUT2D eigenvalue weighted by molar-refractivity contribution is 0.154. The molecule has 152 valence electrons. The number of hydrogen-bond donors (Lipinski definition) is 4. The van der Waals surface area contributed by atoms with Crippen molar-refractivity contribution in [3.8, 4) is 11.5 Å². The van der Waals surface area contributed by atoms with Crippen LogP contribution in [-0.4, -0.2) is 19.3 Å². The van der Waals surface area contributed by atoms with Gasteiger partial charge in [0.15, 0.2) is 5.60 Å². The van der Waals surface area contributed by atoms with E-state index in [-0.39, 0.29) is 11.5 Å². The largest absolute Gasteiger partial charge is 0.506 e. The zero-order valence-electron chi connectivity index (χ0n) is 15.5. The first-order chi connectivity index (χ1) is 13.6. The summed E-state index contributed by atoms with van der Waals surface area (Å²) < 4.78 is 28.6. The number of aromatic hydroxyl groups is 2. The Morgan fingerprint density at radius 2 is 1.31 bits per heavy atom. The summed E-state index contributed by atoms with van der Waals surface area (Å²) in [5.41, 5.74) is 1.68. The van der Waals surface area contributed by atoms with E-state index in [1.807, 2.05) is 6.07 Å². The van der Waals surface area contributed by atoms with Crippen LogP contribution >= 0.6 is 42.7 Å². The molecule has 1 aliphatic rings. The molecule has 8 heteroatoms. The molecule has 29 heavy (non-hydrogen) atoms. The van der Waals surface area contributed by atoms with E-state index in [4.69, 9.17) is 4.18 Å². The fourth-order valence-corrected chi connectivity index (χ4v) is 6.30. The Kier molecular flexibility index (Phi) is 5.00. The highest BCUT2D eigenvalue weighted by Gasteiger charge is 2.53. The van der Waals surface area contributed by atoms with Gasteiger partial charge in [0.1, 0.15) is 22.4 Å². The van der Waals surface area contributed by atoms with Gasteiger partial charge in [0.05, 0.1) is 13.8 Å². The van der Waals surface area contributed by atoms with E-state index in [1.54, 1.807) is 56.3 Å². The van der Waals surface area contributed by atoms with E-state index >= 15 is 0 Å². The van der Waals surface area contributed by atoms with Crippen LogP contribution in [0.4, 0.5) is 0 Å². The van der Waals surface area contributed by atoms with Crippen LogP contribution in [0, 0.1) is 13.8 Å². The summed E-state index contributed by atoms with van der Waals surface area (Å²) >= 11 is 6.75. The van der Waals surface area contributed by atoms with Gasteiger partial charge in [0.25, 0.3) is 0 Å². The van der Waals surface area contributed by atoms with Crippen molar-refractivity contribution in [3.05, 3.63) is 85.3 Å². The maximum Gasteiger partial charge on any atom is 0.162 e. The zero-order valence-corrected chi connectivity index (χ0v) is 19.5. The van der Waals surface area contributed by atoms with Crippen molar-refractivity contribution < 1.29 is 23.5 Å². The molecule has 0 spiro atoms. The van der Waals surface area contributed by atoms with Gasteiger partial charge in [-0.05, 0) is 98.3 Å². The zero-order chi connectivity index (χ0) is 21.1. The van der Waals surface area contributed by atoms with Gasteiger partial charge in [-0.25, -0.2) is 0 Å². The first-order valence-corrected chi connectivity index (χ1v) is 11.7. The van der Waals surface area contributed by atoms with E-state index in [9.17, 15) is 19.3 Å². The summed E-state index contributed by atoms with van der Waals surface area (Å²) in [5, 5.41) is 20.5. The second kappa shape index (κ2) is 7.01. The molecule has 0 saturated carbocycles. The van der Waals surface area contributed by atoms with Crippen molar-refractivity contribution in [2.75, 3.05) is 0 Å². The third-order valence-corrected chi connectivity index (χ3v) is 7.74. The quantitative estimate of drug-likeness (QED) is 0.294. The van der Waals surface area contributed by atoms with Gasteiger partial charge in [0, 0.05) is 5.56 Å². The van der Waals surface area contributed by atoms with Crippen molar-refractivity contribution in [2.24, 2.45) is 0 Å². The molecular formula is C21H18Br2O5S. The second-order valence-corrected chi connectivity index (χ2v) is 10.3. The van der Waals surface area contributed by atoms with E-state index in [0.717, 1.165) is 0 Å². The molecule has 0 fully saturated rings. The molecule has 1 aliphatic heterocycles. The molecule has 0 amide bonds. The average Bonchev–Trinajstić information content (AvgIpc) is 2.92. The molecule has 0 aromatic heterocycles. The molecule has 0 atom stereocenters. The van der Waals surface area contributed by atoms with Crippen LogP contribution in [0.5, 0.6) is 11.5 Å². The fraction of sp³-hybridized carbons (Fsp3) is 0.143. The number of benzene rings is 3. The van der Waals surface area contributed by atoms with Crippen LogP contribution in [0.25, 0.3) is 0 Å². The van der Waals surface area contributed by atoms with Crippen LogP contribution in [0.2, 0.25) is 0 Å². The van der Waals surface area contributed by atoms with Gasteiger partial charge in [0.2, 0.25) is 0 Å². The summed E-state index contributed by atoms with van der Waals surface area (Å²) in [6, 6.07) is 13.9. The summed E-state index contributed by atoms with van der Waals surface area (Å²) in [4.78, 5) is 0.309. The average molecular weight is 542 g/mol. The Balaban J connectivity index is 2.13. The van der Waals surface area contributed by atoms with Gasteiger partial charge in [-0.1, -0.05) is 18.2 Å². The van der Waals surface area contributed by atoms with E-state index < -0.39 is 16.5 Å². The van der Waals surface area contributed by atoms with Gasteiger partial charge in [-0.2, -0.15) is 0 Å². The van der Waals surface area contributed by atoms with Crippen LogP contribution in [-0.2, 0) is 9.78 Å². The number of aryl methyl sites for hydroxylation is 2. The lowest BCUT2D eigenvalue weighted by Crippen LogP contribution is -2.29. The van der Waals surface area contributed by atoms with Crippen molar-refractivity contribution in [1.82, 2.24) is 0 Å². The fourth-order valence-electron chi connectivity index (χ4n) is 3.71. The molecule has 4 rings (SSSR count). The SMILES string of the molecule is Cc1cc(C2(c3cc(C)c(O)c(Br)c3)OS(O)(O)c3ccccc32)cc(Br)c1O. The molecule has 0 unspecified atom stereocenters. The molecule has 0 radical (unpaired) electrons. The highest BCUT2D eigenvalue weighted by atomic mass is 79.9. The third-order valence-electron chi connectivity index (χ3n) is 5.12. The lowest BCUT2D eigenvalue weighted by atomic mass is 9.79. The minimum atomic E-state index is -3.54. The smallest absolute Gasteiger partial charge is 0.162 e. The summed E-state index contributed by atoms with van der Waals surface area (Å²) in [7, 11) is -3.54. The number of phenols is 2. The molecule has 4 N–H and O–H groups in total. The molecule has 1 heterocycles. The molecular weight excluding hydrogens is 524 g/mol. The van der Waals surface area contributed by atoms with E-state index in [0.29, 0.717) is 41.7 Å². The maximum atomic E-state index is 10.8. The highest BCUT2D eigenvalue weighted by Crippen LogP contribution is 2.67. The molecule has 0 bridgehead atoms. The first-order valence-electron chi connectivity index (χ1n) is 8.65. The van der Waals surface area contributed by atoms with Crippen LogP contribution in [0.1, 0.15) is 27.8 Å². The van der Waals surface area contributed by atoms with Crippen molar-refractivity contribution in [2.45, 2.75) is 24.3 Å². The monoisotopic (exact) mass is 540 g/mol. The second-order valence-electron chi connectivity index (χ2n) is 7.00. The molecule has 0 saturated heterocycles. The van der Waals surface area contributed by atoms with Crippen molar-refractivity contribution in [1.29, 1.82) is 0 Å². The number of halogens is 2. The van der Waals surface area contributed by atoms with E-state index in [1.165, 1.54) is 0 Å². The Bertz CT molecular complexity index is 1040. The minimum Gasteiger partial charge on any atom is -0.506 e.